The maximum atomic E-state index is 4.54. The monoisotopic (exact) mass is 361 g/mol. The number of nitrogens with one attached hydrogen (secondary N) is 2. The first kappa shape index (κ1) is 15.1. The second-order valence-electron chi connectivity index (χ2n) is 5.47. The van der Waals surface area contributed by atoms with Crippen molar-refractivity contribution in [3.05, 3.63) is 34.9 Å². The van der Waals surface area contributed by atoms with E-state index in [0.717, 1.165) is 35.5 Å². The van der Waals surface area contributed by atoms with E-state index in [9.17, 15) is 0 Å². The predicted molar refractivity (Wildman–Crippen MR) is 95.1 cm³/mol. The first-order valence-corrected chi connectivity index (χ1v) is 8.36. The van der Waals surface area contributed by atoms with Gasteiger partial charge in [-0.25, -0.2) is 4.98 Å². The summed E-state index contributed by atoms with van der Waals surface area (Å²) in [5, 5.41) is 6.65. The fourth-order valence-corrected chi connectivity index (χ4v) is 2.82. The molecule has 1 aromatic carbocycles. The summed E-state index contributed by atoms with van der Waals surface area (Å²) in [6, 6.07) is 8.34. The summed E-state index contributed by atoms with van der Waals surface area (Å²) in [4.78, 5) is 11.2. The molecule has 0 atom stereocenters. The topological polar surface area (TPSA) is 53.1 Å². The van der Waals surface area contributed by atoms with Crippen molar-refractivity contribution in [3.63, 3.8) is 0 Å². The van der Waals surface area contributed by atoms with Crippen LogP contribution in [0.1, 0.15) is 19.3 Å². The van der Waals surface area contributed by atoms with Crippen LogP contribution < -0.4 is 15.5 Å². The van der Waals surface area contributed by atoms with Gasteiger partial charge in [0.25, 0.3) is 0 Å². The summed E-state index contributed by atoms with van der Waals surface area (Å²) in [6.07, 6.45) is 5.30. The van der Waals surface area contributed by atoms with Crippen molar-refractivity contribution in [2.24, 2.45) is 0 Å². The lowest BCUT2D eigenvalue weighted by Crippen LogP contribution is -2.19. The molecular weight excluding hydrogens is 342 g/mol. The number of hydrogen-bond acceptors (Lipinski definition) is 5. The van der Waals surface area contributed by atoms with Crippen LogP contribution in [0.2, 0.25) is 0 Å². The third-order valence-corrected chi connectivity index (χ3v) is 4.33. The van der Waals surface area contributed by atoms with E-state index in [4.69, 9.17) is 0 Å². The number of rotatable bonds is 0. The standard InChI is InChI=1S/C16H20BrN5/c1-22-9-4-2-3-8-18-15-14(17)11-19-16(21-15)20-12-6-5-7-13(22)10-12/h5-7,10-11H,2-4,8-9H2,1H3,(H2,18,19,20,21). The van der Waals surface area contributed by atoms with Crippen molar-refractivity contribution in [3.8, 4) is 0 Å². The van der Waals surface area contributed by atoms with Crippen LogP contribution in [-0.2, 0) is 0 Å². The second-order valence-corrected chi connectivity index (χ2v) is 6.33. The van der Waals surface area contributed by atoms with Gasteiger partial charge >= 0.3 is 0 Å². The van der Waals surface area contributed by atoms with Gasteiger partial charge in [0.05, 0.1) is 4.47 Å². The Morgan fingerprint density at radius 3 is 3.05 bits per heavy atom. The number of nitrogens with zero attached hydrogens (tertiary/aromatic N) is 3. The van der Waals surface area contributed by atoms with Gasteiger partial charge in [-0.1, -0.05) is 6.07 Å². The Kier molecular flexibility index (Phi) is 4.77. The van der Waals surface area contributed by atoms with Crippen LogP contribution in [-0.4, -0.2) is 30.1 Å². The molecule has 116 valence electrons. The molecule has 2 heterocycles. The Labute approximate surface area is 139 Å². The summed E-state index contributed by atoms with van der Waals surface area (Å²) in [5.41, 5.74) is 2.20. The van der Waals surface area contributed by atoms with Gasteiger partial charge in [0, 0.05) is 37.7 Å². The van der Waals surface area contributed by atoms with Gasteiger partial charge in [0.2, 0.25) is 5.95 Å². The highest BCUT2D eigenvalue weighted by atomic mass is 79.9. The molecule has 0 radical (unpaired) electrons. The molecule has 0 fully saturated rings. The molecule has 2 aromatic rings. The van der Waals surface area contributed by atoms with Crippen molar-refractivity contribution in [2.75, 3.05) is 35.7 Å². The lowest BCUT2D eigenvalue weighted by molar-refractivity contribution is 0.688. The smallest absolute Gasteiger partial charge is 0.229 e. The zero-order valence-corrected chi connectivity index (χ0v) is 14.2. The van der Waals surface area contributed by atoms with Crippen molar-refractivity contribution in [2.45, 2.75) is 19.3 Å². The maximum Gasteiger partial charge on any atom is 0.229 e. The zero-order chi connectivity index (χ0) is 15.4. The molecule has 0 unspecified atom stereocenters. The highest BCUT2D eigenvalue weighted by Gasteiger charge is 2.08. The Morgan fingerprint density at radius 1 is 1.23 bits per heavy atom. The first-order chi connectivity index (χ1) is 10.7. The minimum Gasteiger partial charge on any atom is -0.375 e. The van der Waals surface area contributed by atoms with Gasteiger partial charge in [0.15, 0.2) is 0 Å². The van der Waals surface area contributed by atoms with Crippen LogP contribution in [0.3, 0.4) is 0 Å². The highest BCUT2D eigenvalue weighted by Crippen LogP contribution is 2.24. The number of benzene rings is 1. The van der Waals surface area contributed by atoms with Gasteiger partial charge in [-0.05, 0) is 53.4 Å². The summed E-state index contributed by atoms with van der Waals surface area (Å²) < 4.78 is 0.888. The largest absolute Gasteiger partial charge is 0.375 e. The lowest BCUT2D eigenvalue weighted by Gasteiger charge is -2.20. The van der Waals surface area contributed by atoms with Gasteiger partial charge in [-0.3, -0.25) is 0 Å². The average Bonchev–Trinajstić information content (AvgIpc) is 2.53. The normalized spacial score (nSPS) is 15.5. The Balaban J connectivity index is 1.91. The molecule has 22 heavy (non-hydrogen) atoms. The third-order valence-electron chi connectivity index (χ3n) is 3.75. The van der Waals surface area contributed by atoms with Gasteiger partial charge in [0.1, 0.15) is 5.82 Å². The molecule has 2 N–H and O–H groups in total. The van der Waals surface area contributed by atoms with Crippen LogP contribution in [0.25, 0.3) is 0 Å². The zero-order valence-electron chi connectivity index (χ0n) is 12.6. The quantitative estimate of drug-likeness (QED) is 0.742. The minimum absolute atomic E-state index is 0.600. The van der Waals surface area contributed by atoms with Crippen molar-refractivity contribution < 1.29 is 0 Å². The lowest BCUT2D eigenvalue weighted by atomic mass is 10.2. The summed E-state index contributed by atoms with van der Waals surface area (Å²) >= 11 is 3.49. The number of anilines is 4. The summed E-state index contributed by atoms with van der Waals surface area (Å²) in [5.74, 6) is 1.44. The average molecular weight is 362 g/mol. The van der Waals surface area contributed by atoms with Crippen molar-refractivity contribution >= 4 is 39.1 Å². The van der Waals surface area contributed by atoms with E-state index < -0.39 is 0 Å². The van der Waals surface area contributed by atoms with Crippen LogP contribution in [0.15, 0.2) is 34.9 Å². The number of aromatic nitrogens is 2. The van der Waals surface area contributed by atoms with E-state index in [-0.39, 0.29) is 0 Å². The third kappa shape index (κ3) is 3.68. The van der Waals surface area contributed by atoms with Gasteiger partial charge in [-0.15, -0.1) is 0 Å². The van der Waals surface area contributed by atoms with Crippen molar-refractivity contribution in [1.29, 1.82) is 0 Å². The molecule has 6 heteroatoms. The highest BCUT2D eigenvalue weighted by molar-refractivity contribution is 9.10. The Morgan fingerprint density at radius 2 is 2.14 bits per heavy atom. The molecule has 0 saturated heterocycles. The summed E-state index contributed by atoms with van der Waals surface area (Å²) in [7, 11) is 2.14. The fourth-order valence-electron chi connectivity index (χ4n) is 2.49. The van der Waals surface area contributed by atoms with E-state index in [1.807, 2.05) is 6.07 Å². The molecule has 4 bridgehead atoms. The Hall–Kier alpha value is -1.82. The molecule has 3 rings (SSSR count). The molecule has 0 saturated carbocycles. The van der Waals surface area contributed by atoms with Crippen LogP contribution >= 0.6 is 15.9 Å². The number of fused-ring (bicyclic) bond motifs is 4. The molecule has 0 aliphatic carbocycles. The van der Waals surface area contributed by atoms with Crippen LogP contribution in [0, 0.1) is 0 Å². The van der Waals surface area contributed by atoms with Gasteiger partial charge in [-0.2, -0.15) is 4.98 Å². The van der Waals surface area contributed by atoms with E-state index in [1.165, 1.54) is 18.5 Å². The van der Waals surface area contributed by atoms with E-state index >= 15 is 0 Å². The second kappa shape index (κ2) is 6.96. The molecule has 0 spiro atoms. The fraction of sp³-hybridized carbons (Fsp3) is 0.375. The SMILES string of the molecule is CN1CCCCCNc2nc(ncc2Br)Nc2cccc1c2. The van der Waals surface area contributed by atoms with E-state index in [1.54, 1.807) is 6.20 Å². The van der Waals surface area contributed by atoms with Gasteiger partial charge < -0.3 is 15.5 Å². The minimum atomic E-state index is 0.600. The van der Waals surface area contributed by atoms with Crippen LogP contribution in [0.5, 0.6) is 0 Å². The molecule has 5 nitrogen and oxygen atoms in total. The first-order valence-electron chi connectivity index (χ1n) is 7.57. The molecule has 1 aromatic heterocycles. The predicted octanol–water partition coefficient (Wildman–Crippen LogP) is 4.01. The number of hydrogen-bond donors (Lipinski definition) is 2. The van der Waals surface area contributed by atoms with Crippen LogP contribution in [0.4, 0.5) is 23.1 Å². The van der Waals surface area contributed by atoms with E-state index in [2.05, 4.69) is 66.7 Å². The molecular formula is C16H20BrN5. The van der Waals surface area contributed by atoms with E-state index in [0.29, 0.717) is 5.95 Å². The van der Waals surface area contributed by atoms with Crippen molar-refractivity contribution in [1.82, 2.24) is 9.97 Å². The maximum absolute atomic E-state index is 4.54. The molecule has 0 amide bonds. The Bertz CT molecular complexity index is 646. The number of halogens is 1. The molecule has 1 aliphatic rings. The summed E-state index contributed by atoms with van der Waals surface area (Å²) in [6.45, 7) is 1.99. The molecule has 1 aliphatic heterocycles.